The molecule has 1 unspecified atom stereocenters. The summed E-state index contributed by atoms with van der Waals surface area (Å²) in [5.74, 6) is 1.25. The van der Waals surface area contributed by atoms with E-state index in [1.165, 1.54) is 18.4 Å². The van der Waals surface area contributed by atoms with Crippen molar-refractivity contribution < 1.29 is 8.60 Å². The molecule has 130 valence electrons. The van der Waals surface area contributed by atoms with Gasteiger partial charge >= 0.3 is 0 Å². The Morgan fingerprint density at radius 1 is 1.12 bits per heavy atom. The van der Waals surface area contributed by atoms with Crippen molar-refractivity contribution in [3.8, 4) is 0 Å². The molecular formula is C20H26FNOS. The highest BCUT2D eigenvalue weighted by atomic mass is 32.2. The second-order valence-corrected chi connectivity index (χ2v) is 8.32. The Morgan fingerprint density at radius 3 is 2.54 bits per heavy atom. The van der Waals surface area contributed by atoms with Crippen molar-refractivity contribution in [2.45, 2.75) is 32.1 Å². The number of nitrogens with zero attached hydrogens (tertiary/aromatic N) is 1. The summed E-state index contributed by atoms with van der Waals surface area (Å²) in [7, 11) is -0.854. The van der Waals surface area contributed by atoms with Crippen LogP contribution in [0.5, 0.6) is 0 Å². The first-order valence-electron chi connectivity index (χ1n) is 8.92. The Labute approximate surface area is 146 Å². The number of piperidine rings is 1. The molecule has 0 spiro atoms. The number of allylic oxidation sites excluding steroid dienone is 3. The maximum atomic E-state index is 13.0. The van der Waals surface area contributed by atoms with Crippen molar-refractivity contribution in [1.82, 2.24) is 4.90 Å². The van der Waals surface area contributed by atoms with Crippen LogP contribution >= 0.6 is 0 Å². The molecule has 1 heterocycles. The number of hydrogen-bond acceptors (Lipinski definition) is 2. The van der Waals surface area contributed by atoms with Crippen molar-refractivity contribution in [1.29, 1.82) is 0 Å². The van der Waals surface area contributed by atoms with Crippen LogP contribution in [0.15, 0.2) is 47.4 Å². The molecule has 0 saturated carbocycles. The molecule has 2 nitrogen and oxygen atoms in total. The van der Waals surface area contributed by atoms with Crippen molar-refractivity contribution in [2.24, 2.45) is 5.92 Å². The Balaban J connectivity index is 1.39. The van der Waals surface area contributed by atoms with Gasteiger partial charge in [0.1, 0.15) is 5.82 Å². The second kappa shape index (κ2) is 8.72. The van der Waals surface area contributed by atoms with Gasteiger partial charge in [0.15, 0.2) is 0 Å². The standard InChI is InChI=1S/C20H26FNOS/c21-19-8-6-17(7-9-19)16-18-10-12-22(13-11-18)14-15-24(23)20-4-2-1-3-5-20/h2,4-9,18H,1,3,10-16H2. The summed E-state index contributed by atoms with van der Waals surface area (Å²) in [5.41, 5.74) is 1.23. The molecule has 0 aromatic heterocycles. The number of halogens is 1. The largest absolute Gasteiger partial charge is 0.302 e. The van der Waals surface area contributed by atoms with Crippen molar-refractivity contribution in [3.63, 3.8) is 0 Å². The molecule has 1 saturated heterocycles. The molecule has 1 atom stereocenters. The number of likely N-dealkylation sites (tertiary alicyclic amines) is 1. The van der Waals surface area contributed by atoms with Crippen LogP contribution in [0, 0.1) is 11.7 Å². The lowest BCUT2D eigenvalue weighted by Gasteiger charge is -2.32. The third kappa shape index (κ3) is 5.12. The molecule has 4 heteroatoms. The SMILES string of the molecule is O=S(CCN1CCC(Cc2ccc(F)cc2)CC1)C1=CCCC=C1. The van der Waals surface area contributed by atoms with Crippen LogP contribution in [-0.2, 0) is 17.2 Å². The van der Waals surface area contributed by atoms with E-state index in [2.05, 4.69) is 17.1 Å². The third-order valence-electron chi connectivity index (χ3n) is 4.96. The van der Waals surface area contributed by atoms with Crippen LogP contribution in [0.4, 0.5) is 4.39 Å². The van der Waals surface area contributed by atoms with Crippen LogP contribution in [-0.4, -0.2) is 34.5 Å². The Hall–Kier alpha value is -1.26. The molecule has 1 aromatic carbocycles. The zero-order valence-corrected chi connectivity index (χ0v) is 14.9. The predicted molar refractivity (Wildman–Crippen MR) is 98.7 cm³/mol. The van der Waals surface area contributed by atoms with E-state index in [0.29, 0.717) is 5.92 Å². The van der Waals surface area contributed by atoms with Crippen LogP contribution in [0.3, 0.4) is 0 Å². The van der Waals surface area contributed by atoms with Gasteiger partial charge in [0, 0.05) is 17.2 Å². The fourth-order valence-electron chi connectivity index (χ4n) is 3.46. The van der Waals surface area contributed by atoms with E-state index in [4.69, 9.17) is 0 Å². The van der Waals surface area contributed by atoms with E-state index in [-0.39, 0.29) is 5.82 Å². The molecule has 1 aliphatic heterocycles. The Morgan fingerprint density at radius 2 is 1.88 bits per heavy atom. The average Bonchev–Trinajstić information content (AvgIpc) is 2.63. The molecule has 0 amide bonds. The fourth-order valence-corrected chi connectivity index (χ4v) is 4.67. The van der Waals surface area contributed by atoms with Gasteiger partial charge in [-0.2, -0.15) is 0 Å². The zero-order chi connectivity index (χ0) is 16.8. The maximum Gasteiger partial charge on any atom is 0.123 e. The summed E-state index contributed by atoms with van der Waals surface area (Å²) in [4.78, 5) is 3.44. The zero-order valence-electron chi connectivity index (χ0n) is 14.1. The highest BCUT2D eigenvalue weighted by molar-refractivity contribution is 7.89. The van der Waals surface area contributed by atoms with Gasteiger partial charge in [-0.3, -0.25) is 4.21 Å². The second-order valence-electron chi connectivity index (χ2n) is 6.75. The Kier molecular flexibility index (Phi) is 6.38. The molecule has 0 bridgehead atoms. The molecular weight excluding hydrogens is 321 g/mol. The lowest BCUT2D eigenvalue weighted by Crippen LogP contribution is -2.36. The molecule has 1 fully saturated rings. The molecule has 0 radical (unpaired) electrons. The van der Waals surface area contributed by atoms with E-state index in [1.807, 2.05) is 18.2 Å². The minimum absolute atomic E-state index is 0.163. The molecule has 2 aliphatic rings. The summed E-state index contributed by atoms with van der Waals surface area (Å²) < 4.78 is 25.3. The lowest BCUT2D eigenvalue weighted by atomic mass is 9.90. The first-order chi connectivity index (χ1) is 11.7. The average molecular weight is 347 g/mol. The highest BCUT2D eigenvalue weighted by Gasteiger charge is 2.20. The minimum Gasteiger partial charge on any atom is -0.302 e. The monoisotopic (exact) mass is 347 g/mol. The van der Waals surface area contributed by atoms with E-state index < -0.39 is 10.8 Å². The summed E-state index contributed by atoms with van der Waals surface area (Å²) in [6, 6.07) is 6.90. The number of hydrogen-bond donors (Lipinski definition) is 0. The number of benzene rings is 1. The molecule has 3 rings (SSSR count). The Bertz CT molecular complexity index is 615. The van der Waals surface area contributed by atoms with Crippen LogP contribution in [0.2, 0.25) is 0 Å². The van der Waals surface area contributed by atoms with E-state index in [0.717, 1.165) is 49.6 Å². The summed E-state index contributed by atoms with van der Waals surface area (Å²) in [6.07, 6.45) is 11.7. The maximum absolute atomic E-state index is 13.0. The molecule has 24 heavy (non-hydrogen) atoms. The van der Waals surface area contributed by atoms with Crippen LogP contribution in [0.1, 0.15) is 31.2 Å². The van der Waals surface area contributed by atoms with Crippen LogP contribution in [0.25, 0.3) is 0 Å². The van der Waals surface area contributed by atoms with Gasteiger partial charge in [-0.25, -0.2) is 4.39 Å². The van der Waals surface area contributed by atoms with Gasteiger partial charge in [-0.1, -0.05) is 30.4 Å². The van der Waals surface area contributed by atoms with E-state index in [9.17, 15) is 8.60 Å². The van der Waals surface area contributed by atoms with Gasteiger partial charge in [-0.05, 0) is 68.8 Å². The van der Waals surface area contributed by atoms with E-state index >= 15 is 0 Å². The molecule has 0 N–H and O–H groups in total. The minimum atomic E-state index is -0.854. The first-order valence-corrected chi connectivity index (χ1v) is 10.2. The number of rotatable bonds is 6. The van der Waals surface area contributed by atoms with Crippen molar-refractivity contribution in [3.05, 3.63) is 58.8 Å². The van der Waals surface area contributed by atoms with Gasteiger partial charge in [0.05, 0.1) is 10.8 Å². The third-order valence-corrected chi connectivity index (χ3v) is 6.34. The summed E-state index contributed by atoms with van der Waals surface area (Å²) >= 11 is 0. The topological polar surface area (TPSA) is 20.3 Å². The van der Waals surface area contributed by atoms with Crippen LogP contribution < -0.4 is 0 Å². The quantitative estimate of drug-likeness (QED) is 0.773. The fraction of sp³-hybridized carbons (Fsp3) is 0.500. The summed E-state index contributed by atoms with van der Waals surface area (Å²) in [6.45, 7) is 3.08. The van der Waals surface area contributed by atoms with Crippen molar-refractivity contribution in [2.75, 3.05) is 25.4 Å². The van der Waals surface area contributed by atoms with Gasteiger partial charge < -0.3 is 4.90 Å². The van der Waals surface area contributed by atoms with Gasteiger partial charge in [0.2, 0.25) is 0 Å². The van der Waals surface area contributed by atoms with E-state index in [1.54, 1.807) is 12.1 Å². The highest BCUT2D eigenvalue weighted by Crippen LogP contribution is 2.22. The smallest absolute Gasteiger partial charge is 0.123 e. The van der Waals surface area contributed by atoms with Crippen molar-refractivity contribution >= 4 is 10.8 Å². The predicted octanol–water partition coefficient (Wildman–Crippen LogP) is 4.06. The molecule has 1 aromatic rings. The molecule has 1 aliphatic carbocycles. The lowest BCUT2D eigenvalue weighted by molar-refractivity contribution is 0.193. The first kappa shape index (κ1) is 17.6. The summed E-state index contributed by atoms with van der Waals surface area (Å²) in [5, 5.41) is 0. The van der Waals surface area contributed by atoms with Gasteiger partial charge in [-0.15, -0.1) is 0 Å². The van der Waals surface area contributed by atoms with Gasteiger partial charge in [0.25, 0.3) is 0 Å². The normalized spacial score (nSPS) is 20.8.